The number of hydrogen-bond acceptors (Lipinski definition) is 6. The first-order valence-corrected chi connectivity index (χ1v) is 11.7. The number of ether oxygens (including phenoxy) is 3. The fourth-order valence-electron chi connectivity index (χ4n) is 5.43. The zero-order valence-corrected chi connectivity index (χ0v) is 19.2. The third kappa shape index (κ3) is 4.99. The second-order valence-electron chi connectivity index (χ2n) is 9.51. The number of imidazole rings is 1. The summed E-state index contributed by atoms with van der Waals surface area (Å²) in [6.45, 7) is 14.1. The van der Waals surface area contributed by atoms with Gasteiger partial charge in [-0.3, -0.25) is 0 Å². The number of hydrogen-bond donors (Lipinski definition) is 2. The van der Waals surface area contributed by atoms with Gasteiger partial charge in [0.1, 0.15) is 11.9 Å². The zero-order valence-electron chi connectivity index (χ0n) is 19.2. The molecule has 31 heavy (non-hydrogen) atoms. The van der Waals surface area contributed by atoms with E-state index in [-0.39, 0.29) is 18.4 Å². The van der Waals surface area contributed by atoms with Crippen LogP contribution in [0.3, 0.4) is 0 Å². The highest BCUT2D eigenvalue weighted by Crippen LogP contribution is 2.38. The van der Waals surface area contributed by atoms with Gasteiger partial charge in [-0.15, -0.1) is 0 Å². The van der Waals surface area contributed by atoms with Crippen LogP contribution in [0.4, 0.5) is 0 Å². The molecule has 3 fully saturated rings. The molecule has 0 aromatic carbocycles. The lowest BCUT2D eigenvalue weighted by molar-refractivity contribution is -0.106. The maximum absolute atomic E-state index is 6.37. The number of rotatable bonds is 8. The summed E-state index contributed by atoms with van der Waals surface area (Å²) in [5, 5.41) is 2.94. The van der Waals surface area contributed by atoms with Crippen LogP contribution in [-0.4, -0.2) is 40.1 Å². The molecule has 3 N–H and O–H groups in total. The zero-order chi connectivity index (χ0) is 22.1. The molecule has 4 rings (SSSR count). The first-order chi connectivity index (χ1) is 14.8. The molecule has 7 heteroatoms. The van der Waals surface area contributed by atoms with Crippen LogP contribution in [0, 0.1) is 12.8 Å². The van der Waals surface area contributed by atoms with Crippen molar-refractivity contribution in [2.24, 2.45) is 11.7 Å². The summed E-state index contributed by atoms with van der Waals surface area (Å²) in [7, 11) is 0. The summed E-state index contributed by atoms with van der Waals surface area (Å²) in [6.07, 6.45) is 11.0. The van der Waals surface area contributed by atoms with E-state index in [4.69, 9.17) is 19.9 Å². The number of nitrogens with one attached hydrogen (secondary N) is 1. The lowest BCUT2D eigenvalue weighted by Gasteiger charge is -2.28. The van der Waals surface area contributed by atoms with E-state index in [0.29, 0.717) is 35.7 Å². The average Bonchev–Trinajstić information content (AvgIpc) is 3.37. The van der Waals surface area contributed by atoms with Crippen LogP contribution in [0.15, 0.2) is 25.3 Å². The smallest absolute Gasteiger partial charge is 0.135 e. The molecule has 0 spiro atoms. The Morgan fingerprint density at radius 2 is 1.90 bits per heavy atom. The van der Waals surface area contributed by atoms with Gasteiger partial charge < -0.3 is 29.8 Å². The Labute approximate surface area is 186 Å². The van der Waals surface area contributed by atoms with Gasteiger partial charge >= 0.3 is 0 Å². The van der Waals surface area contributed by atoms with E-state index in [9.17, 15) is 0 Å². The second-order valence-corrected chi connectivity index (χ2v) is 9.51. The van der Waals surface area contributed by atoms with Crippen molar-refractivity contribution in [1.29, 1.82) is 0 Å². The van der Waals surface area contributed by atoms with Crippen molar-refractivity contribution in [3.8, 4) is 0 Å². The molecule has 2 bridgehead atoms. The molecule has 3 aliphatic heterocycles. The van der Waals surface area contributed by atoms with Gasteiger partial charge in [0.05, 0.1) is 48.4 Å². The van der Waals surface area contributed by atoms with Crippen LogP contribution in [0.1, 0.15) is 76.4 Å². The van der Waals surface area contributed by atoms with Crippen LogP contribution in [0.25, 0.3) is 5.70 Å². The highest BCUT2D eigenvalue weighted by molar-refractivity contribution is 5.61. The van der Waals surface area contributed by atoms with Crippen molar-refractivity contribution in [2.45, 2.75) is 102 Å². The van der Waals surface area contributed by atoms with Gasteiger partial charge in [0.15, 0.2) is 0 Å². The monoisotopic (exact) mass is 430 g/mol. The van der Waals surface area contributed by atoms with E-state index in [2.05, 4.69) is 41.9 Å². The van der Waals surface area contributed by atoms with Gasteiger partial charge in [-0.05, 0) is 71.6 Å². The molecule has 0 aliphatic carbocycles. The van der Waals surface area contributed by atoms with Gasteiger partial charge in [0.2, 0.25) is 0 Å². The Morgan fingerprint density at radius 1 is 1.13 bits per heavy atom. The second kappa shape index (κ2) is 9.35. The van der Waals surface area contributed by atoms with E-state index in [1.165, 1.54) is 0 Å². The molecule has 0 radical (unpaired) electrons. The van der Waals surface area contributed by atoms with E-state index in [1.54, 1.807) is 0 Å². The summed E-state index contributed by atoms with van der Waals surface area (Å²) in [5.74, 6) is 1.00. The summed E-state index contributed by atoms with van der Waals surface area (Å²) in [5.41, 5.74) is 8.11. The van der Waals surface area contributed by atoms with Crippen LogP contribution in [-0.2, 0) is 14.2 Å². The number of aromatic nitrogens is 2. The SMILES string of the molecule is C=C(N)NC(=C)c1ncn(C2CC[C@@H](CCCC3C[C@@H]4C[C@H](OC4C)[C@@H](C)O3)O2)c1C. The largest absolute Gasteiger partial charge is 0.386 e. The van der Waals surface area contributed by atoms with Crippen LogP contribution in [0.2, 0.25) is 0 Å². The van der Waals surface area contributed by atoms with Gasteiger partial charge in [-0.1, -0.05) is 13.2 Å². The summed E-state index contributed by atoms with van der Waals surface area (Å²) in [6, 6.07) is 0. The van der Waals surface area contributed by atoms with Gasteiger partial charge in [-0.2, -0.15) is 0 Å². The average molecular weight is 431 g/mol. The summed E-state index contributed by atoms with van der Waals surface area (Å²) in [4.78, 5) is 4.50. The molecule has 4 heterocycles. The molecule has 3 unspecified atom stereocenters. The number of nitrogens with two attached hydrogens (primary N) is 1. The first kappa shape index (κ1) is 22.4. The van der Waals surface area contributed by atoms with Crippen molar-refractivity contribution in [1.82, 2.24) is 14.9 Å². The maximum atomic E-state index is 6.37. The fourth-order valence-corrected chi connectivity index (χ4v) is 5.43. The molecule has 0 saturated carbocycles. The Kier molecular flexibility index (Phi) is 6.74. The third-order valence-corrected chi connectivity index (χ3v) is 7.17. The molecular formula is C24H38N4O3. The van der Waals surface area contributed by atoms with Crippen LogP contribution < -0.4 is 11.1 Å². The Morgan fingerprint density at radius 3 is 2.68 bits per heavy atom. The Balaban J connectivity index is 1.25. The van der Waals surface area contributed by atoms with E-state index in [1.807, 2.05) is 13.3 Å². The molecule has 172 valence electrons. The highest BCUT2D eigenvalue weighted by atomic mass is 16.6. The van der Waals surface area contributed by atoms with Crippen molar-refractivity contribution in [3.63, 3.8) is 0 Å². The van der Waals surface area contributed by atoms with Crippen molar-refractivity contribution in [2.75, 3.05) is 0 Å². The number of nitrogens with zero attached hydrogens (tertiary/aromatic N) is 2. The van der Waals surface area contributed by atoms with Crippen molar-refractivity contribution in [3.05, 3.63) is 36.7 Å². The minimum atomic E-state index is 0.0306. The summed E-state index contributed by atoms with van der Waals surface area (Å²) >= 11 is 0. The van der Waals surface area contributed by atoms with E-state index < -0.39 is 0 Å². The van der Waals surface area contributed by atoms with Crippen LogP contribution in [0.5, 0.6) is 0 Å². The summed E-state index contributed by atoms with van der Waals surface area (Å²) < 4.78 is 20.8. The van der Waals surface area contributed by atoms with Gasteiger partial charge in [0.25, 0.3) is 0 Å². The fraction of sp³-hybridized carbons (Fsp3) is 0.708. The van der Waals surface area contributed by atoms with Crippen LogP contribution >= 0.6 is 0 Å². The quantitative estimate of drug-likeness (QED) is 0.649. The van der Waals surface area contributed by atoms with E-state index >= 15 is 0 Å². The maximum Gasteiger partial charge on any atom is 0.135 e. The lowest BCUT2D eigenvalue weighted by Crippen LogP contribution is -2.31. The highest BCUT2D eigenvalue weighted by Gasteiger charge is 2.41. The van der Waals surface area contributed by atoms with Crippen molar-refractivity contribution < 1.29 is 14.2 Å². The first-order valence-electron chi connectivity index (χ1n) is 11.7. The predicted molar refractivity (Wildman–Crippen MR) is 121 cm³/mol. The molecular weight excluding hydrogens is 392 g/mol. The standard InChI is InChI=1S/C24H38N4O3/c1-14(27-18(5)25)24-15(2)28(13-26-24)23-10-9-20(31-23)7-6-8-21-11-19-12-22(17(4)29-21)30-16(19)3/h13,16-17,19-23,27H,1,5-12,25H2,2-4H3/t16?,17-,19-,20-,21?,22+,23?/m1/s1. The molecule has 7 nitrogen and oxygen atoms in total. The van der Waals surface area contributed by atoms with Gasteiger partial charge in [-0.25, -0.2) is 4.98 Å². The molecule has 7 atom stereocenters. The predicted octanol–water partition coefficient (Wildman–Crippen LogP) is 4.00. The number of fused-ring (bicyclic) bond motifs is 2. The van der Waals surface area contributed by atoms with E-state index in [0.717, 1.165) is 56.3 Å². The molecule has 0 amide bonds. The molecule has 3 aliphatic rings. The minimum absolute atomic E-state index is 0.0306. The molecule has 1 aromatic rings. The Bertz CT molecular complexity index is 807. The normalized spacial score (nSPS) is 35.1. The lowest BCUT2D eigenvalue weighted by atomic mass is 9.92. The topological polar surface area (TPSA) is 83.6 Å². The Hall–Kier alpha value is -1.83. The molecule has 1 aromatic heterocycles. The minimum Gasteiger partial charge on any atom is -0.386 e. The van der Waals surface area contributed by atoms with Crippen molar-refractivity contribution >= 4 is 5.70 Å². The van der Waals surface area contributed by atoms with Gasteiger partial charge in [0, 0.05) is 5.69 Å². The molecule has 3 saturated heterocycles. The third-order valence-electron chi connectivity index (χ3n) is 7.17.